The summed E-state index contributed by atoms with van der Waals surface area (Å²) in [7, 11) is 0. The maximum Gasteiger partial charge on any atom is 0.0674 e. The normalized spacial score (nSPS) is 34.2. The van der Waals surface area contributed by atoms with Gasteiger partial charge in [0.2, 0.25) is 0 Å². The molecule has 1 aliphatic heterocycles. The molecule has 13 heavy (non-hydrogen) atoms. The lowest BCUT2D eigenvalue weighted by Gasteiger charge is -2.52. The van der Waals surface area contributed by atoms with Gasteiger partial charge >= 0.3 is 0 Å². The zero-order chi connectivity index (χ0) is 9.31. The largest absolute Gasteiger partial charge is 0.376 e. The van der Waals surface area contributed by atoms with E-state index < -0.39 is 0 Å². The average molecular weight is 184 g/mol. The van der Waals surface area contributed by atoms with Crippen LogP contribution in [0.4, 0.5) is 0 Å². The molecule has 0 radical (unpaired) electrons. The van der Waals surface area contributed by atoms with Gasteiger partial charge in [0.05, 0.1) is 12.7 Å². The van der Waals surface area contributed by atoms with E-state index in [1.165, 1.54) is 19.3 Å². The van der Waals surface area contributed by atoms with Crippen molar-refractivity contribution in [2.24, 2.45) is 5.73 Å². The van der Waals surface area contributed by atoms with Crippen LogP contribution in [-0.4, -0.2) is 42.8 Å². The van der Waals surface area contributed by atoms with Crippen LogP contribution in [0.15, 0.2) is 0 Å². The molecule has 0 aromatic carbocycles. The summed E-state index contributed by atoms with van der Waals surface area (Å²) in [5.74, 6) is 0. The number of ether oxygens (including phenoxy) is 1. The van der Waals surface area contributed by atoms with Gasteiger partial charge < -0.3 is 10.5 Å². The van der Waals surface area contributed by atoms with E-state index in [0.717, 1.165) is 26.2 Å². The van der Waals surface area contributed by atoms with Crippen molar-refractivity contribution in [3.63, 3.8) is 0 Å². The third-order valence-corrected chi connectivity index (χ3v) is 3.58. The molecule has 0 aromatic rings. The molecule has 2 N–H and O–H groups in total. The lowest BCUT2D eigenvalue weighted by Crippen LogP contribution is -2.62. The topological polar surface area (TPSA) is 38.5 Å². The summed E-state index contributed by atoms with van der Waals surface area (Å²) in [6.07, 6.45) is 4.31. The molecular weight excluding hydrogens is 164 g/mol. The van der Waals surface area contributed by atoms with Gasteiger partial charge in [-0.3, -0.25) is 4.90 Å². The highest BCUT2D eigenvalue weighted by molar-refractivity contribution is 4.99. The molecule has 1 atom stereocenters. The van der Waals surface area contributed by atoms with Gasteiger partial charge in [0.25, 0.3) is 0 Å². The number of hydrogen-bond donors (Lipinski definition) is 1. The van der Waals surface area contributed by atoms with E-state index in [4.69, 9.17) is 10.5 Å². The van der Waals surface area contributed by atoms with Crippen molar-refractivity contribution in [1.29, 1.82) is 0 Å². The molecule has 2 fully saturated rings. The second-order valence-electron chi connectivity index (χ2n) is 4.41. The van der Waals surface area contributed by atoms with Crippen LogP contribution in [0.2, 0.25) is 0 Å². The van der Waals surface area contributed by atoms with Crippen LogP contribution >= 0.6 is 0 Å². The fourth-order valence-electron chi connectivity index (χ4n) is 2.48. The highest BCUT2D eigenvalue weighted by Crippen LogP contribution is 2.37. The molecule has 3 heteroatoms. The minimum atomic E-state index is 0.345. The maximum absolute atomic E-state index is 5.86. The van der Waals surface area contributed by atoms with E-state index in [2.05, 4.69) is 11.8 Å². The first-order valence-electron chi connectivity index (χ1n) is 5.33. The molecule has 1 unspecified atom stereocenters. The molecule has 2 rings (SSSR count). The second kappa shape index (κ2) is 3.56. The number of hydrogen-bond acceptors (Lipinski definition) is 3. The fraction of sp³-hybridized carbons (Fsp3) is 1.00. The molecule has 1 saturated carbocycles. The molecule has 1 saturated heterocycles. The summed E-state index contributed by atoms with van der Waals surface area (Å²) >= 11 is 0. The van der Waals surface area contributed by atoms with E-state index >= 15 is 0 Å². The summed E-state index contributed by atoms with van der Waals surface area (Å²) in [5.41, 5.74) is 6.21. The van der Waals surface area contributed by atoms with Crippen LogP contribution in [0.5, 0.6) is 0 Å². The van der Waals surface area contributed by atoms with Crippen LogP contribution < -0.4 is 5.73 Å². The Kier molecular flexibility index (Phi) is 2.58. The molecule has 76 valence electrons. The van der Waals surface area contributed by atoms with Gasteiger partial charge in [-0.25, -0.2) is 0 Å². The zero-order valence-corrected chi connectivity index (χ0v) is 8.46. The van der Waals surface area contributed by atoms with Crippen LogP contribution in [0.1, 0.15) is 26.2 Å². The highest BCUT2D eigenvalue weighted by Gasteiger charge is 2.42. The second-order valence-corrected chi connectivity index (χ2v) is 4.41. The first-order valence-corrected chi connectivity index (χ1v) is 5.33. The summed E-state index contributed by atoms with van der Waals surface area (Å²) < 4.78 is 5.53. The lowest BCUT2D eigenvalue weighted by molar-refractivity contribution is -0.0835. The monoisotopic (exact) mass is 184 g/mol. The van der Waals surface area contributed by atoms with Crippen molar-refractivity contribution in [1.82, 2.24) is 4.90 Å². The van der Waals surface area contributed by atoms with Gasteiger partial charge in [0, 0.05) is 25.2 Å². The Morgan fingerprint density at radius 1 is 1.54 bits per heavy atom. The van der Waals surface area contributed by atoms with E-state index in [-0.39, 0.29) is 0 Å². The zero-order valence-electron chi connectivity index (χ0n) is 8.46. The Balaban J connectivity index is 1.97. The molecule has 0 aromatic heterocycles. The number of nitrogens with zero attached hydrogens (tertiary/aromatic N) is 1. The molecular formula is C10H20N2O. The van der Waals surface area contributed by atoms with Gasteiger partial charge in [0.15, 0.2) is 0 Å². The Hall–Kier alpha value is -0.120. The van der Waals surface area contributed by atoms with Crippen molar-refractivity contribution in [3.05, 3.63) is 0 Å². The summed E-state index contributed by atoms with van der Waals surface area (Å²) in [6, 6.07) is 0. The van der Waals surface area contributed by atoms with Gasteiger partial charge in [-0.05, 0) is 26.2 Å². The lowest BCUT2D eigenvalue weighted by atomic mass is 9.75. The fourth-order valence-corrected chi connectivity index (χ4v) is 2.48. The van der Waals surface area contributed by atoms with Crippen LogP contribution in [0.3, 0.4) is 0 Å². The standard InChI is InChI=1S/C10H20N2O/c1-9-7-12(5-6-13-9)10(8-11)3-2-4-10/h9H,2-8,11H2,1H3. The van der Waals surface area contributed by atoms with Gasteiger partial charge in [-0.1, -0.05) is 0 Å². The maximum atomic E-state index is 5.86. The summed E-state index contributed by atoms with van der Waals surface area (Å²) in [4.78, 5) is 2.55. The van der Waals surface area contributed by atoms with Gasteiger partial charge in [-0.15, -0.1) is 0 Å². The third kappa shape index (κ3) is 1.60. The van der Waals surface area contributed by atoms with Crippen LogP contribution in [0, 0.1) is 0 Å². The first kappa shape index (κ1) is 9.44. The Morgan fingerprint density at radius 3 is 2.77 bits per heavy atom. The molecule has 0 bridgehead atoms. The van der Waals surface area contributed by atoms with E-state index in [1.807, 2.05) is 0 Å². The molecule has 2 aliphatic rings. The van der Waals surface area contributed by atoms with Crippen LogP contribution in [-0.2, 0) is 4.74 Å². The van der Waals surface area contributed by atoms with Crippen molar-refractivity contribution in [2.45, 2.75) is 37.8 Å². The quantitative estimate of drug-likeness (QED) is 0.682. The molecule has 1 aliphatic carbocycles. The van der Waals surface area contributed by atoms with Gasteiger partial charge in [0.1, 0.15) is 0 Å². The third-order valence-electron chi connectivity index (χ3n) is 3.58. The van der Waals surface area contributed by atoms with Crippen molar-refractivity contribution in [3.8, 4) is 0 Å². The minimum Gasteiger partial charge on any atom is -0.376 e. The number of rotatable bonds is 2. The van der Waals surface area contributed by atoms with Crippen molar-refractivity contribution >= 4 is 0 Å². The summed E-state index contributed by atoms with van der Waals surface area (Å²) in [5, 5.41) is 0. The average Bonchev–Trinajstić information content (AvgIpc) is 2.03. The minimum absolute atomic E-state index is 0.345. The molecule has 0 spiro atoms. The Bertz CT molecular complexity index is 174. The molecule has 1 heterocycles. The highest BCUT2D eigenvalue weighted by atomic mass is 16.5. The predicted molar refractivity (Wildman–Crippen MR) is 52.6 cm³/mol. The Labute approximate surface area is 80.2 Å². The van der Waals surface area contributed by atoms with Crippen LogP contribution in [0.25, 0.3) is 0 Å². The summed E-state index contributed by atoms with van der Waals surface area (Å²) in [6.45, 7) is 5.98. The number of nitrogens with two attached hydrogens (primary N) is 1. The number of morpholine rings is 1. The predicted octanol–water partition coefficient (Wildman–Crippen LogP) is 0.588. The first-order chi connectivity index (χ1) is 6.27. The van der Waals surface area contributed by atoms with Gasteiger partial charge in [-0.2, -0.15) is 0 Å². The van der Waals surface area contributed by atoms with E-state index in [1.54, 1.807) is 0 Å². The molecule has 0 amide bonds. The van der Waals surface area contributed by atoms with Crippen molar-refractivity contribution in [2.75, 3.05) is 26.2 Å². The molecule has 3 nitrogen and oxygen atoms in total. The van der Waals surface area contributed by atoms with E-state index in [9.17, 15) is 0 Å². The Morgan fingerprint density at radius 2 is 2.31 bits per heavy atom. The van der Waals surface area contributed by atoms with Crippen molar-refractivity contribution < 1.29 is 4.74 Å². The van der Waals surface area contributed by atoms with E-state index in [0.29, 0.717) is 11.6 Å². The smallest absolute Gasteiger partial charge is 0.0674 e. The SMILES string of the molecule is CC1CN(C2(CN)CCC2)CCO1.